The van der Waals surface area contributed by atoms with E-state index < -0.39 is 11.2 Å². The number of nitrogens with zero attached hydrogens (tertiary/aromatic N) is 1. The van der Waals surface area contributed by atoms with Gasteiger partial charge in [0.05, 0.1) is 0 Å². The van der Waals surface area contributed by atoms with Gasteiger partial charge in [0.15, 0.2) is 6.23 Å². The van der Waals surface area contributed by atoms with E-state index in [4.69, 9.17) is 4.84 Å². The van der Waals surface area contributed by atoms with Gasteiger partial charge in [-0.3, -0.25) is 19.2 Å². The molecule has 0 amide bonds. The predicted octanol–water partition coefficient (Wildman–Crippen LogP) is -1.04. The molecule has 6 nitrogen and oxygen atoms in total. The summed E-state index contributed by atoms with van der Waals surface area (Å²) in [6, 6.07) is 1.29. The van der Waals surface area contributed by atoms with Crippen LogP contribution in [0.1, 0.15) is 12.6 Å². The molecule has 1 fully saturated rings. The van der Waals surface area contributed by atoms with E-state index in [-0.39, 0.29) is 6.23 Å². The summed E-state index contributed by atoms with van der Waals surface area (Å²) in [6.45, 7) is 0.705. The molecule has 1 aromatic heterocycles. The van der Waals surface area contributed by atoms with Crippen molar-refractivity contribution in [2.24, 2.45) is 0 Å². The molecule has 1 saturated heterocycles. The van der Waals surface area contributed by atoms with E-state index in [1.807, 2.05) is 0 Å². The molecule has 1 atom stereocenters. The molecule has 13 heavy (non-hydrogen) atoms. The van der Waals surface area contributed by atoms with Crippen LogP contribution in [0.15, 0.2) is 21.9 Å². The number of hydrogen-bond donors (Lipinski definition) is 2. The molecular weight excluding hydrogens is 174 g/mol. The van der Waals surface area contributed by atoms with Crippen LogP contribution in [-0.4, -0.2) is 16.1 Å². The molecule has 0 aromatic carbocycles. The molecule has 1 aromatic rings. The van der Waals surface area contributed by atoms with Crippen molar-refractivity contribution < 1.29 is 4.84 Å². The summed E-state index contributed by atoms with van der Waals surface area (Å²) in [4.78, 5) is 29.2. The van der Waals surface area contributed by atoms with Crippen LogP contribution in [0.4, 0.5) is 0 Å². The zero-order valence-corrected chi connectivity index (χ0v) is 6.82. The molecule has 0 bridgehead atoms. The lowest BCUT2D eigenvalue weighted by Crippen LogP contribution is -2.31. The lowest BCUT2D eigenvalue weighted by Gasteiger charge is -2.09. The fourth-order valence-electron chi connectivity index (χ4n) is 1.25. The third-order valence-corrected chi connectivity index (χ3v) is 1.87. The summed E-state index contributed by atoms with van der Waals surface area (Å²) in [6.07, 6.45) is 1.83. The number of hydroxylamine groups is 1. The smallest absolute Gasteiger partial charge is 0.276 e. The molecule has 0 aliphatic carbocycles. The quantitative estimate of drug-likeness (QED) is 0.583. The summed E-state index contributed by atoms with van der Waals surface area (Å²) in [5.41, 5.74) is 1.82. The summed E-state index contributed by atoms with van der Waals surface area (Å²) in [7, 11) is 0. The normalized spacial score (nSPS) is 22.0. The summed E-state index contributed by atoms with van der Waals surface area (Å²) >= 11 is 0. The van der Waals surface area contributed by atoms with Gasteiger partial charge in [0.25, 0.3) is 5.56 Å². The van der Waals surface area contributed by atoms with Crippen LogP contribution in [0.2, 0.25) is 0 Å². The van der Waals surface area contributed by atoms with Crippen molar-refractivity contribution in [3.8, 4) is 0 Å². The van der Waals surface area contributed by atoms with E-state index >= 15 is 0 Å². The molecule has 70 valence electrons. The van der Waals surface area contributed by atoms with Gasteiger partial charge in [-0.25, -0.2) is 4.79 Å². The highest BCUT2D eigenvalue weighted by Crippen LogP contribution is 2.12. The maximum Gasteiger partial charge on any atom is 0.330 e. The Bertz CT molecular complexity index is 402. The Morgan fingerprint density at radius 2 is 2.38 bits per heavy atom. The monoisotopic (exact) mass is 183 g/mol. The molecule has 0 saturated carbocycles. The fraction of sp³-hybridized carbons (Fsp3) is 0.429. The van der Waals surface area contributed by atoms with E-state index in [1.165, 1.54) is 16.8 Å². The third kappa shape index (κ3) is 1.53. The van der Waals surface area contributed by atoms with E-state index in [2.05, 4.69) is 10.5 Å². The second kappa shape index (κ2) is 3.15. The molecule has 1 aliphatic heterocycles. The van der Waals surface area contributed by atoms with Crippen LogP contribution < -0.4 is 16.7 Å². The van der Waals surface area contributed by atoms with Crippen LogP contribution in [0.25, 0.3) is 0 Å². The molecule has 2 heterocycles. The largest absolute Gasteiger partial charge is 0.330 e. The first kappa shape index (κ1) is 8.21. The molecule has 0 radical (unpaired) electrons. The highest BCUT2D eigenvalue weighted by molar-refractivity contribution is 4.84. The number of nitrogens with one attached hydrogen (secondary N) is 2. The Balaban J connectivity index is 2.40. The maximum absolute atomic E-state index is 11.2. The Labute approximate surface area is 73.1 Å². The number of aromatic amines is 1. The fourth-order valence-corrected chi connectivity index (χ4v) is 1.25. The van der Waals surface area contributed by atoms with Crippen molar-refractivity contribution in [3.05, 3.63) is 33.1 Å². The zero-order valence-electron chi connectivity index (χ0n) is 6.82. The van der Waals surface area contributed by atoms with E-state index in [0.29, 0.717) is 13.0 Å². The highest BCUT2D eigenvalue weighted by Gasteiger charge is 2.18. The van der Waals surface area contributed by atoms with Crippen LogP contribution in [0.5, 0.6) is 0 Å². The van der Waals surface area contributed by atoms with Crippen molar-refractivity contribution in [3.63, 3.8) is 0 Å². The van der Waals surface area contributed by atoms with Gasteiger partial charge in [0.2, 0.25) is 0 Å². The van der Waals surface area contributed by atoms with E-state index in [9.17, 15) is 9.59 Å². The van der Waals surface area contributed by atoms with Crippen LogP contribution >= 0.6 is 0 Å². The topological polar surface area (TPSA) is 76.1 Å². The first-order chi connectivity index (χ1) is 6.27. The molecular formula is C7H9N3O3. The van der Waals surface area contributed by atoms with E-state index in [1.54, 1.807) is 0 Å². The zero-order chi connectivity index (χ0) is 9.26. The Kier molecular flexibility index (Phi) is 1.99. The average Bonchev–Trinajstić information content (AvgIpc) is 2.56. The van der Waals surface area contributed by atoms with Crippen LogP contribution in [-0.2, 0) is 4.84 Å². The van der Waals surface area contributed by atoms with Gasteiger partial charge in [0, 0.05) is 25.2 Å². The van der Waals surface area contributed by atoms with Crippen molar-refractivity contribution in [2.45, 2.75) is 12.6 Å². The van der Waals surface area contributed by atoms with Crippen molar-refractivity contribution in [1.82, 2.24) is 15.0 Å². The third-order valence-electron chi connectivity index (χ3n) is 1.87. The van der Waals surface area contributed by atoms with Crippen LogP contribution in [0, 0.1) is 0 Å². The number of H-pyrrole nitrogens is 1. The maximum atomic E-state index is 11.2. The molecule has 2 rings (SSSR count). The second-order valence-electron chi connectivity index (χ2n) is 2.77. The number of hydrogen-bond acceptors (Lipinski definition) is 4. The first-order valence-electron chi connectivity index (χ1n) is 3.97. The molecule has 0 unspecified atom stereocenters. The minimum atomic E-state index is -0.443. The Morgan fingerprint density at radius 3 is 3.00 bits per heavy atom. The summed E-state index contributed by atoms with van der Waals surface area (Å²) in [5, 5.41) is 0. The van der Waals surface area contributed by atoms with Gasteiger partial charge in [0.1, 0.15) is 0 Å². The van der Waals surface area contributed by atoms with E-state index in [0.717, 1.165) is 0 Å². The summed E-state index contributed by atoms with van der Waals surface area (Å²) in [5.74, 6) is 0. The second-order valence-corrected chi connectivity index (χ2v) is 2.77. The SMILES string of the molecule is O=c1ccn([C@H]2CCNO2)c(=O)[nH]1. The van der Waals surface area contributed by atoms with Crippen LogP contribution in [0.3, 0.4) is 0 Å². The molecule has 6 heteroatoms. The van der Waals surface area contributed by atoms with Gasteiger partial charge in [-0.15, -0.1) is 0 Å². The van der Waals surface area contributed by atoms with Gasteiger partial charge in [-0.1, -0.05) is 0 Å². The number of aromatic nitrogens is 2. The Morgan fingerprint density at radius 1 is 1.54 bits per heavy atom. The Hall–Kier alpha value is -1.40. The average molecular weight is 183 g/mol. The molecule has 1 aliphatic rings. The van der Waals surface area contributed by atoms with Crippen molar-refractivity contribution in [1.29, 1.82) is 0 Å². The molecule has 0 spiro atoms. The lowest BCUT2D eigenvalue weighted by molar-refractivity contribution is -0.0120. The lowest BCUT2D eigenvalue weighted by atomic mass is 10.4. The highest BCUT2D eigenvalue weighted by atomic mass is 16.7. The van der Waals surface area contributed by atoms with Gasteiger partial charge >= 0.3 is 5.69 Å². The van der Waals surface area contributed by atoms with Crippen molar-refractivity contribution in [2.75, 3.05) is 6.54 Å². The predicted molar refractivity (Wildman–Crippen MR) is 44.1 cm³/mol. The standard InChI is InChI=1S/C7H9N3O3/c11-5-2-4-10(7(12)9-5)6-1-3-8-13-6/h2,4,6,8H,1,3H2,(H,9,11,12)/t6-/m1/s1. The summed E-state index contributed by atoms with van der Waals surface area (Å²) < 4.78 is 1.35. The van der Waals surface area contributed by atoms with Crippen molar-refractivity contribution >= 4 is 0 Å². The van der Waals surface area contributed by atoms with Gasteiger partial charge in [-0.2, -0.15) is 5.48 Å². The molecule has 2 N–H and O–H groups in total. The minimum Gasteiger partial charge on any atom is -0.276 e. The van der Waals surface area contributed by atoms with Gasteiger partial charge in [-0.05, 0) is 0 Å². The minimum absolute atomic E-state index is 0.315. The number of rotatable bonds is 1. The van der Waals surface area contributed by atoms with Gasteiger partial charge < -0.3 is 0 Å². The first-order valence-corrected chi connectivity index (χ1v) is 3.97.